The molecule has 0 aromatic heterocycles. The van der Waals surface area contributed by atoms with Crippen LogP contribution in [0.15, 0.2) is 18.2 Å². The second kappa shape index (κ2) is 4.69. The van der Waals surface area contributed by atoms with Crippen molar-refractivity contribution in [3.8, 4) is 11.5 Å². The lowest BCUT2D eigenvalue weighted by Crippen LogP contribution is -2.18. The molecular formula is C15H18O4. The number of hydrogen-bond acceptors (Lipinski definition) is 4. The second-order valence-corrected chi connectivity index (χ2v) is 5.59. The van der Waals surface area contributed by atoms with Gasteiger partial charge in [0, 0.05) is 6.61 Å². The van der Waals surface area contributed by atoms with Gasteiger partial charge in [0.15, 0.2) is 11.5 Å². The SMILES string of the molecule is c1cc2c(cc1COCC1CCC3OC3C1)OCO2. The van der Waals surface area contributed by atoms with E-state index in [0.717, 1.165) is 23.7 Å². The molecule has 19 heavy (non-hydrogen) atoms. The van der Waals surface area contributed by atoms with E-state index in [9.17, 15) is 0 Å². The van der Waals surface area contributed by atoms with Crippen LogP contribution < -0.4 is 9.47 Å². The Morgan fingerprint density at radius 3 is 3.00 bits per heavy atom. The van der Waals surface area contributed by atoms with Crippen LogP contribution in [0.5, 0.6) is 11.5 Å². The predicted molar refractivity (Wildman–Crippen MR) is 68.2 cm³/mol. The molecule has 4 heteroatoms. The number of rotatable bonds is 4. The van der Waals surface area contributed by atoms with Crippen molar-refractivity contribution in [3.63, 3.8) is 0 Å². The molecule has 0 spiro atoms. The average molecular weight is 262 g/mol. The van der Waals surface area contributed by atoms with Gasteiger partial charge in [-0.25, -0.2) is 0 Å². The van der Waals surface area contributed by atoms with Crippen molar-refractivity contribution in [2.75, 3.05) is 13.4 Å². The van der Waals surface area contributed by atoms with Gasteiger partial charge in [-0.15, -0.1) is 0 Å². The van der Waals surface area contributed by atoms with Crippen molar-refractivity contribution in [2.45, 2.75) is 38.1 Å². The van der Waals surface area contributed by atoms with Crippen LogP contribution in [0.4, 0.5) is 0 Å². The summed E-state index contributed by atoms with van der Waals surface area (Å²) in [4.78, 5) is 0. The molecule has 2 heterocycles. The Morgan fingerprint density at radius 2 is 2.05 bits per heavy atom. The van der Waals surface area contributed by atoms with Crippen LogP contribution in [0.2, 0.25) is 0 Å². The van der Waals surface area contributed by atoms with E-state index in [1.54, 1.807) is 0 Å². The number of fused-ring (bicyclic) bond motifs is 2. The molecular weight excluding hydrogens is 244 g/mol. The van der Waals surface area contributed by atoms with Gasteiger partial charge in [-0.3, -0.25) is 0 Å². The Labute approximate surface area is 112 Å². The van der Waals surface area contributed by atoms with Gasteiger partial charge in [0.05, 0.1) is 18.8 Å². The molecule has 3 aliphatic rings. The highest BCUT2D eigenvalue weighted by molar-refractivity contribution is 5.44. The zero-order valence-corrected chi connectivity index (χ0v) is 10.8. The number of ether oxygens (including phenoxy) is 4. The zero-order valence-electron chi connectivity index (χ0n) is 10.8. The van der Waals surface area contributed by atoms with Gasteiger partial charge >= 0.3 is 0 Å². The minimum atomic E-state index is 0.324. The normalized spacial score (nSPS) is 31.1. The largest absolute Gasteiger partial charge is 0.454 e. The molecule has 0 radical (unpaired) electrons. The summed E-state index contributed by atoms with van der Waals surface area (Å²) < 4.78 is 22.0. The molecule has 1 aromatic carbocycles. The van der Waals surface area contributed by atoms with Crippen molar-refractivity contribution >= 4 is 0 Å². The minimum Gasteiger partial charge on any atom is -0.454 e. The lowest BCUT2D eigenvalue weighted by Gasteiger charge is -2.18. The van der Waals surface area contributed by atoms with Gasteiger partial charge in [0.2, 0.25) is 6.79 Å². The third-order valence-corrected chi connectivity index (χ3v) is 4.17. The second-order valence-electron chi connectivity index (χ2n) is 5.59. The Morgan fingerprint density at radius 1 is 1.11 bits per heavy atom. The molecule has 1 saturated heterocycles. The number of hydrogen-bond donors (Lipinski definition) is 0. The highest BCUT2D eigenvalue weighted by Crippen LogP contribution is 2.39. The van der Waals surface area contributed by atoms with E-state index in [-0.39, 0.29) is 0 Å². The molecule has 4 nitrogen and oxygen atoms in total. The molecule has 102 valence electrons. The maximum Gasteiger partial charge on any atom is 0.231 e. The van der Waals surface area contributed by atoms with Crippen molar-refractivity contribution in [1.29, 1.82) is 0 Å². The molecule has 0 bridgehead atoms. The predicted octanol–water partition coefficient (Wildman–Crippen LogP) is 2.50. The fourth-order valence-corrected chi connectivity index (χ4v) is 3.01. The van der Waals surface area contributed by atoms with Crippen LogP contribution in [0.1, 0.15) is 24.8 Å². The highest BCUT2D eigenvalue weighted by atomic mass is 16.7. The summed E-state index contributed by atoms with van der Waals surface area (Å²) in [5.74, 6) is 2.32. The monoisotopic (exact) mass is 262 g/mol. The topological polar surface area (TPSA) is 40.2 Å². The standard InChI is InChI=1S/C15H18O4/c1-3-12-14(18-9-17-12)5-10(1)7-16-8-11-2-4-13-15(6-11)19-13/h1,3,5,11,13,15H,2,4,6-9H2. The fraction of sp³-hybridized carbons (Fsp3) is 0.600. The fourth-order valence-electron chi connectivity index (χ4n) is 3.01. The summed E-state index contributed by atoms with van der Waals surface area (Å²) in [6, 6.07) is 5.99. The van der Waals surface area contributed by atoms with E-state index in [4.69, 9.17) is 18.9 Å². The molecule has 3 unspecified atom stereocenters. The number of epoxide rings is 1. The summed E-state index contributed by atoms with van der Waals surface area (Å²) in [6.45, 7) is 1.80. The summed E-state index contributed by atoms with van der Waals surface area (Å²) >= 11 is 0. The van der Waals surface area contributed by atoms with Gasteiger partial charge in [-0.05, 0) is 42.9 Å². The van der Waals surface area contributed by atoms with Gasteiger partial charge in [-0.1, -0.05) is 6.07 Å². The van der Waals surface area contributed by atoms with Gasteiger partial charge < -0.3 is 18.9 Å². The first-order valence-corrected chi connectivity index (χ1v) is 7.00. The van der Waals surface area contributed by atoms with Gasteiger partial charge in [0.25, 0.3) is 0 Å². The van der Waals surface area contributed by atoms with Crippen LogP contribution in [0, 0.1) is 5.92 Å². The Kier molecular flexibility index (Phi) is 2.85. The van der Waals surface area contributed by atoms with Gasteiger partial charge in [0.1, 0.15) is 0 Å². The van der Waals surface area contributed by atoms with E-state index in [0.29, 0.717) is 31.5 Å². The van der Waals surface area contributed by atoms with E-state index in [1.165, 1.54) is 19.3 Å². The third-order valence-electron chi connectivity index (χ3n) is 4.17. The van der Waals surface area contributed by atoms with Crippen LogP contribution in [0.25, 0.3) is 0 Å². The van der Waals surface area contributed by atoms with Crippen LogP contribution >= 0.6 is 0 Å². The quantitative estimate of drug-likeness (QED) is 0.782. The molecule has 0 N–H and O–H groups in total. The Balaban J connectivity index is 1.28. The summed E-state index contributed by atoms with van der Waals surface area (Å²) in [7, 11) is 0. The first-order valence-electron chi connectivity index (χ1n) is 7.00. The molecule has 1 aliphatic carbocycles. The number of benzene rings is 1. The first-order chi connectivity index (χ1) is 9.38. The van der Waals surface area contributed by atoms with E-state index < -0.39 is 0 Å². The smallest absolute Gasteiger partial charge is 0.231 e. The van der Waals surface area contributed by atoms with E-state index in [1.807, 2.05) is 18.2 Å². The highest BCUT2D eigenvalue weighted by Gasteiger charge is 2.43. The van der Waals surface area contributed by atoms with Crippen molar-refractivity contribution < 1.29 is 18.9 Å². The van der Waals surface area contributed by atoms with E-state index >= 15 is 0 Å². The lowest BCUT2D eigenvalue weighted by atomic mass is 9.90. The molecule has 3 atom stereocenters. The lowest BCUT2D eigenvalue weighted by molar-refractivity contribution is 0.0764. The summed E-state index contributed by atoms with van der Waals surface area (Å²) in [5.41, 5.74) is 1.14. The molecule has 1 aromatic rings. The average Bonchev–Trinajstić information content (AvgIpc) is 3.05. The first kappa shape index (κ1) is 11.6. The molecule has 2 fully saturated rings. The maximum atomic E-state index is 5.83. The van der Waals surface area contributed by atoms with E-state index in [2.05, 4.69) is 0 Å². The molecule has 4 rings (SSSR count). The molecule has 0 amide bonds. The Hall–Kier alpha value is -1.26. The maximum absolute atomic E-state index is 5.83. The summed E-state index contributed by atoms with van der Waals surface area (Å²) in [6.07, 6.45) is 4.73. The van der Waals surface area contributed by atoms with Crippen molar-refractivity contribution in [2.24, 2.45) is 5.92 Å². The minimum absolute atomic E-state index is 0.324. The zero-order chi connectivity index (χ0) is 12.7. The van der Waals surface area contributed by atoms with Crippen LogP contribution in [-0.4, -0.2) is 25.6 Å². The summed E-state index contributed by atoms with van der Waals surface area (Å²) in [5, 5.41) is 0. The van der Waals surface area contributed by atoms with Crippen LogP contribution in [-0.2, 0) is 16.1 Å². The van der Waals surface area contributed by atoms with Crippen LogP contribution in [0.3, 0.4) is 0 Å². The van der Waals surface area contributed by atoms with Gasteiger partial charge in [-0.2, -0.15) is 0 Å². The van der Waals surface area contributed by atoms with Crippen molar-refractivity contribution in [1.82, 2.24) is 0 Å². The third kappa shape index (κ3) is 2.42. The van der Waals surface area contributed by atoms with Crippen molar-refractivity contribution in [3.05, 3.63) is 23.8 Å². The molecule has 2 aliphatic heterocycles. The Bertz CT molecular complexity index is 473. The molecule has 1 saturated carbocycles.